The second kappa shape index (κ2) is 13.8. The number of carbonyl (C=O) groups excluding carboxylic acids is 2. The van der Waals surface area contributed by atoms with E-state index in [-0.39, 0.29) is 35.3 Å². The molecule has 0 aliphatic rings. The minimum atomic E-state index is -4.44. The van der Waals surface area contributed by atoms with E-state index in [9.17, 15) is 27.9 Å². The maximum Gasteiger partial charge on any atom is 0.446 e. The molecule has 42 heavy (non-hydrogen) atoms. The van der Waals surface area contributed by atoms with Gasteiger partial charge in [-0.3, -0.25) is 9.59 Å². The van der Waals surface area contributed by atoms with Gasteiger partial charge in [-0.05, 0) is 71.9 Å². The molecule has 1 heterocycles. The van der Waals surface area contributed by atoms with Crippen LogP contribution in [0.3, 0.4) is 0 Å². The highest BCUT2D eigenvalue weighted by Crippen LogP contribution is 2.38. The maximum atomic E-state index is 12.9. The minimum absolute atomic E-state index is 0.0473. The third-order valence-electron chi connectivity index (χ3n) is 5.92. The number of pyridine rings is 1. The molecule has 1 aromatic heterocycles. The highest BCUT2D eigenvalue weighted by atomic mass is 35.5. The number of benzene rings is 3. The Balaban J connectivity index is 1.73. The van der Waals surface area contributed by atoms with E-state index >= 15 is 0 Å². The Morgan fingerprint density at radius 2 is 1.50 bits per heavy atom. The zero-order valence-corrected chi connectivity index (χ0v) is 24.5. The third kappa shape index (κ3) is 8.39. The predicted octanol–water partition coefficient (Wildman–Crippen LogP) is 7.53. The van der Waals surface area contributed by atoms with Crippen molar-refractivity contribution in [3.8, 4) is 22.4 Å². The quantitative estimate of drug-likeness (QED) is 0.162. The van der Waals surface area contributed by atoms with Crippen LogP contribution in [-0.2, 0) is 17.9 Å². The van der Waals surface area contributed by atoms with Crippen molar-refractivity contribution >= 4 is 58.4 Å². The van der Waals surface area contributed by atoms with Gasteiger partial charge in [-0.25, -0.2) is 4.98 Å². The van der Waals surface area contributed by atoms with Gasteiger partial charge in [0.1, 0.15) is 6.61 Å². The number of hydrogen-bond acceptors (Lipinski definition) is 5. The van der Waals surface area contributed by atoms with Gasteiger partial charge in [0.15, 0.2) is 0 Å². The molecular formula is C29H21Cl3F3N3O3S. The van der Waals surface area contributed by atoms with Gasteiger partial charge in [0.2, 0.25) is 5.91 Å². The van der Waals surface area contributed by atoms with Crippen molar-refractivity contribution in [1.82, 2.24) is 15.6 Å². The molecule has 0 saturated carbocycles. The Labute approximate surface area is 258 Å². The summed E-state index contributed by atoms with van der Waals surface area (Å²) in [5.74, 6) is -1.15. The molecule has 0 aliphatic carbocycles. The van der Waals surface area contributed by atoms with Crippen LogP contribution in [0.2, 0.25) is 15.1 Å². The largest absolute Gasteiger partial charge is 0.446 e. The Morgan fingerprint density at radius 3 is 2.12 bits per heavy atom. The zero-order valence-electron chi connectivity index (χ0n) is 21.4. The third-order valence-corrected chi connectivity index (χ3v) is 7.46. The van der Waals surface area contributed by atoms with Crippen molar-refractivity contribution in [1.29, 1.82) is 0 Å². The van der Waals surface area contributed by atoms with Crippen molar-refractivity contribution in [2.75, 3.05) is 6.61 Å². The van der Waals surface area contributed by atoms with Crippen LogP contribution in [-0.4, -0.2) is 34.0 Å². The summed E-state index contributed by atoms with van der Waals surface area (Å²) in [5, 5.41) is 15.8. The van der Waals surface area contributed by atoms with Gasteiger partial charge >= 0.3 is 5.51 Å². The molecule has 218 valence electrons. The molecule has 0 spiro atoms. The predicted molar refractivity (Wildman–Crippen MR) is 159 cm³/mol. The molecule has 2 amide bonds. The first-order chi connectivity index (χ1) is 19.9. The standard InChI is InChI=1S/C29H21Cl3F3N3O3S/c30-19-5-1-16(2-6-19)27-23(22-10-7-20(31)12-24(22)32)11-18(25(38-27)14-36-26(40)15-39)13-37-28(41)17-3-8-21(9-4-17)42-29(33,34)35/h1-12,39H,13-15H2,(H,36,40)(H,37,41). The summed E-state index contributed by atoms with van der Waals surface area (Å²) in [6.07, 6.45) is 0. The number of aromatic nitrogens is 1. The molecule has 4 aromatic rings. The number of carbonyl (C=O) groups is 2. The molecule has 0 unspecified atom stereocenters. The Hall–Kier alpha value is -3.28. The fourth-order valence-electron chi connectivity index (χ4n) is 3.96. The van der Waals surface area contributed by atoms with Gasteiger partial charge in [-0.1, -0.05) is 53.0 Å². The number of halogens is 6. The zero-order chi connectivity index (χ0) is 30.4. The Kier molecular flexibility index (Phi) is 10.4. The van der Waals surface area contributed by atoms with Crippen LogP contribution >= 0.6 is 46.6 Å². The smallest absolute Gasteiger partial charge is 0.387 e. The number of hydrogen-bond donors (Lipinski definition) is 3. The molecule has 0 bridgehead atoms. The summed E-state index contributed by atoms with van der Waals surface area (Å²) in [6, 6.07) is 18.7. The molecule has 0 radical (unpaired) electrons. The first kappa shape index (κ1) is 31.7. The SMILES string of the molecule is O=C(CO)NCc1nc(-c2ccc(Cl)cc2)c(-c2ccc(Cl)cc2Cl)cc1CNC(=O)c1ccc(SC(F)(F)F)cc1. The fraction of sp³-hybridized carbons (Fsp3) is 0.138. The van der Waals surface area contributed by atoms with Crippen LogP contribution in [0.15, 0.2) is 77.7 Å². The van der Waals surface area contributed by atoms with Crippen LogP contribution in [0, 0.1) is 0 Å². The van der Waals surface area contributed by atoms with Gasteiger partial charge < -0.3 is 15.7 Å². The molecule has 13 heteroatoms. The lowest BCUT2D eigenvalue weighted by Gasteiger charge is -2.18. The van der Waals surface area contributed by atoms with Crippen molar-refractivity contribution in [2.45, 2.75) is 23.5 Å². The molecule has 0 saturated heterocycles. The first-order valence-corrected chi connectivity index (χ1v) is 14.1. The van der Waals surface area contributed by atoms with E-state index in [4.69, 9.17) is 39.8 Å². The Morgan fingerprint density at radius 1 is 0.833 bits per heavy atom. The fourth-order valence-corrected chi connectivity index (χ4v) is 5.14. The van der Waals surface area contributed by atoms with E-state index in [2.05, 4.69) is 10.6 Å². The first-order valence-electron chi connectivity index (χ1n) is 12.2. The lowest BCUT2D eigenvalue weighted by Crippen LogP contribution is -2.28. The Bertz CT molecular complexity index is 1600. The highest BCUT2D eigenvalue weighted by Gasteiger charge is 2.29. The number of aliphatic hydroxyl groups excluding tert-OH is 1. The van der Waals surface area contributed by atoms with Crippen LogP contribution in [0.1, 0.15) is 21.6 Å². The molecule has 0 aliphatic heterocycles. The van der Waals surface area contributed by atoms with E-state index in [0.717, 1.165) is 0 Å². The van der Waals surface area contributed by atoms with E-state index in [1.54, 1.807) is 48.5 Å². The molecule has 0 fully saturated rings. The number of amides is 2. The monoisotopic (exact) mass is 653 g/mol. The summed E-state index contributed by atoms with van der Waals surface area (Å²) in [6.45, 7) is -0.839. The van der Waals surface area contributed by atoms with Gasteiger partial charge in [0, 0.05) is 48.8 Å². The number of rotatable bonds is 9. The summed E-state index contributed by atoms with van der Waals surface area (Å²) in [5.41, 5.74) is -0.953. The van der Waals surface area contributed by atoms with Crippen molar-refractivity contribution < 1.29 is 27.9 Å². The van der Waals surface area contributed by atoms with Crippen LogP contribution in [0.25, 0.3) is 22.4 Å². The van der Waals surface area contributed by atoms with E-state index in [1.807, 2.05) is 0 Å². The molecule has 3 aromatic carbocycles. The molecule has 4 rings (SSSR count). The van der Waals surface area contributed by atoms with Gasteiger partial charge in [0.05, 0.1) is 17.9 Å². The van der Waals surface area contributed by atoms with Crippen molar-refractivity contribution in [3.63, 3.8) is 0 Å². The van der Waals surface area contributed by atoms with Crippen molar-refractivity contribution in [2.24, 2.45) is 0 Å². The lowest BCUT2D eigenvalue weighted by atomic mass is 9.96. The average molecular weight is 655 g/mol. The van der Waals surface area contributed by atoms with Crippen molar-refractivity contribution in [3.05, 3.63) is 105 Å². The number of nitrogens with zero attached hydrogens (tertiary/aromatic N) is 1. The maximum absolute atomic E-state index is 12.9. The summed E-state index contributed by atoms with van der Waals surface area (Å²) in [4.78, 5) is 29.5. The average Bonchev–Trinajstić information content (AvgIpc) is 2.94. The van der Waals surface area contributed by atoms with E-state index < -0.39 is 23.9 Å². The summed E-state index contributed by atoms with van der Waals surface area (Å²) >= 11 is 18.5. The summed E-state index contributed by atoms with van der Waals surface area (Å²) < 4.78 is 38.0. The van der Waals surface area contributed by atoms with Crippen LogP contribution < -0.4 is 10.6 Å². The second-order valence-corrected chi connectivity index (χ2v) is 11.2. The summed E-state index contributed by atoms with van der Waals surface area (Å²) in [7, 11) is 0. The second-order valence-electron chi connectivity index (χ2n) is 8.81. The topological polar surface area (TPSA) is 91.3 Å². The number of alkyl halides is 3. The lowest BCUT2D eigenvalue weighted by molar-refractivity contribution is -0.124. The van der Waals surface area contributed by atoms with E-state index in [1.165, 1.54) is 24.3 Å². The number of aliphatic hydroxyl groups is 1. The number of thioether (sulfide) groups is 1. The van der Waals surface area contributed by atoms with E-state index in [0.29, 0.717) is 48.7 Å². The van der Waals surface area contributed by atoms with Gasteiger partial charge in [-0.2, -0.15) is 13.2 Å². The minimum Gasteiger partial charge on any atom is -0.387 e. The molecule has 3 N–H and O–H groups in total. The van der Waals surface area contributed by atoms with Crippen LogP contribution in [0.4, 0.5) is 13.2 Å². The highest BCUT2D eigenvalue weighted by molar-refractivity contribution is 8.00. The normalized spacial score (nSPS) is 11.3. The molecular weight excluding hydrogens is 634 g/mol. The van der Waals surface area contributed by atoms with Gasteiger partial charge in [0.25, 0.3) is 5.91 Å². The number of nitrogens with one attached hydrogen (secondary N) is 2. The molecule has 6 nitrogen and oxygen atoms in total. The van der Waals surface area contributed by atoms with Gasteiger partial charge in [-0.15, -0.1) is 0 Å². The molecule has 0 atom stereocenters. The van der Waals surface area contributed by atoms with Crippen LogP contribution in [0.5, 0.6) is 0 Å².